The zero-order chi connectivity index (χ0) is 16.9. The lowest BCUT2D eigenvalue weighted by Crippen LogP contribution is -2.30. The summed E-state index contributed by atoms with van der Waals surface area (Å²) in [6, 6.07) is 17.0. The van der Waals surface area contributed by atoms with Gasteiger partial charge in [0, 0.05) is 16.6 Å². The lowest BCUT2D eigenvalue weighted by molar-refractivity contribution is -0.143. The lowest BCUT2D eigenvalue weighted by atomic mass is 10.1. The standard InChI is InChI=1S/C19H18N2O3/c1-13-18(15-9-5-6-10-16(15)21-13)19(23)20-11-17(22)24-12-14-7-3-2-4-8-14/h2-10,21H,11-12H2,1H3,(H,20,23). The highest BCUT2D eigenvalue weighted by Gasteiger charge is 2.16. The van der Waals surface area contributed by atoms with Gasteiger partial charge in [0.25, 0.3) is 5.91 Å². The molecule has 0 saturated carbocycles. The van der Waals surface area contributed by atoms with Crippen molar-refractivity contribution in [3.8, 4) is 0 Å². The summed E-state index contributed by atoms with van der Waals surface area (Å²) >= 11 is 0. The Morgan fingerprint density at radius 1 is 1.04 bits per heavy atom. The number of hydrogen-bond donors (Lipinski definition) is 2. The smallest absolute Gasteiger partial charge is 0.325 e. The number of para-hydroxylation sites is 1. The van der Waals surface area contributed by atoms with E-state index in [1.807, 2.05) is 61.5 Å². The molecule has 1 amide bonds. The van der Waals surface area contributed by atoms with E-state index in [9.17, 15) is 9.59 Å². The number of amides is 1. The van der Waals surface area contributed by atoms with Crippen LogP contribution in [-0.4, -0.2) is 23.4 Å². The molecule has 0 aliphatic heterocycles. The second kappa shape index (κ2) is 7.00. The van der Waals surface area contributed by atoms with Crippen LogP contribution in [0.5, 0.6) is 0 Å². The Morgan fingerprint density at radius 3 is 2.54 bits per heavy atom. The molecule has 0 saturated heterocycles. The van der Waals surface area contributed by atoms with Crippen molar-refractivity contribution < 1.29 is 14.3 Å². The minimum Gasteiger partial charge on any atom is -0.460 e. The van der Waals surface area contributed by atoms with Gasteiger partial charge >= 0.3 is 5.97 Å². The van der Waals surface area contributed by atoms with E-state index in [0.29, 0.717) is 5.56 Å². The predicted octanol–water partition coefficient (Wildman–Crippen LogP) is 2.95. The number of carbonyl (C=O) groups excluding carboxylic acids is 2. The van der Waals surface area contributed by atoms with Gasteiger partial charge in [-0.15, -0.1) is 0 Å². The first-order valence-electron chi connectivity index (χ1n) is 7.70. The number of rotatable bonds is 5. The maximum atomic E-state index is 12.4. The van der Waals surface area contributed by atoms with Gasteiger partial charge in [-0.25, -0.2) is 0 Å². The highest BCUT2D eigenvalue weighted by molar-refractivity contribution is 6.08. The summed E-state index contributed by atoms with van der Waals surface area (Å²) in [5.74, 6) is -0.758. The van der Waals surface area contributed by atoms with Crippen LogP contribution in [-0.2, 0) is 16.1 Å². The fourth-order valence-corrected chi connectivity index (χ4v) is 2.60. The Hall–Kier alpha value is -3.08. The number of benzene rings is 2. The predicted molar refractivity (Wildman–Crippen MR) is 91.6 cm³/mol. The zero-order valence-corrected chi connectivity index (χ0v) is 13.3. The molecule has 1 aromatic heterocycles. The highest BCUT2D eigenvalue weighted by atomic mass is 16.5. The number of nitrogens with one attached hydrogen (secondary N) is 2. The van der Waals surface area contributed by atoms with Crippen LogP contribution in [0.25, 0.3) is 10.9 Å². The third kappa shape index (κ3) is 3.46. The summed E-state index contributed by atoms with van der Waals surface area (Å²) in [5.41, 5.74) is 3.13. The number of ether oxygens (including phenoxy) is 1. The number of fused-ring (bicyclic) bond motifs is 1. The molecule has 0 aliphatic rings. The van der Waals surface area contributed by atoms with Crippen molar-refractivity contribution in [2.45, 2.75) is 13.5 Å². The van der Waals surface area contributed by atoms with Gasteiger partial charge in [0.1, 0.15) is 13.2 Å². The lowest BCUT2D eigenvalue weighted by Gasteiger charge is -2.07. The molecule has 5 nitrogen and oxygen atoms in total. The summed E-state index contributed by atoms with van der Waals surface area (Å²) in [6.07, 6.45) is 0. The Morgan fingerprint density at radius 2 is 1.75 bits per heavy atom. The molecule has 0 unspecified atom stereocenters. The first-order valence-corrected chi connectivity index (χ1v) is 7.70. The van der Waals surface area contributed by atoms with Crippen LogP contribution in [0.2, 0.25) is 0 Å². The second-order valence-electron chi connectivity index (χ2n) is 5.50. The normalized spacial score (nSPS) is 10.5. The van der Waals surface area contributed by atoms with Crippen molar-refractivity contribution in [1.82, 2.24) is 10.3 Å². The second-order valence-corrected chi connectivity index (χ2v) is 5.50. The van der Waals surface area contributed by atoms with Crippen LogP contribution in [0.3, 0.4) is 0 Å². The minimum atomic E-state index is -0.468. The summed E-state index contributed by atoms with van der Waals surface area (Å²) in [7, 11) is 0. The molecule has 2 N–H and O–H groups in total. The van der Waals surface area contributed by atoms with Gasteiger partial charge in [0.2, 0.25) is 0 Å². The van der Waals surface area contributed by atoms with Gasteiger partial charge in [0.05, 0.1) is 5.56 Å². The van der Waals surface area contributed by atoms with E-state index in [-0.39, 0.29) is 19.1 Å². The molecule has 122 valence electrons. The summed E-state index contributed by atoms with van der Waals surface area (Å²) in [5, 5.41) is 3.46. The molecular formula is C19H18N2O3. The Balaban J connectivity index is 1.58. The summed E-state index contributed by atoms with van der Waals surface area (Å²) < 4.78 is 5.15. The van der Waals surface area contributed by atoms with Crippen LogP contribution in [0.15, 0.2) is 54.6 Å². The summed E-state index contributed by atoms with van der Waals surface area (Å²) in [4.78, 5) is 27.3. The molecule has 0 aliphatic carbocycles. The minimum absolute atomic E-state index is 0.162. The fourth-order valence-electron chi connectivity index (χ4n) is 2.60. The zero-order valence-electron chi connectivity index (χ0n) is 13.3. The van der Waals surface area contributed by atoms with E-state index in [0.717, 1.165) is 22.2 Å². The number of H-pyrrole nitrogens is 1. The van der Waals surface area contributed by atoms with Crippen molar-refractivity contribution in [3.63, 3.8) is 0 Å². The van der Waals surface area contributed by atoms with Crippen molar-refractivity contribution in [2.75, 3.05) is 6.54 Å². The van der Waals surface area contributed by atoms with Crippen LogP contribution in [0, 0.1) is 6.92 Å². The molecule has 0 atom stereocenters. The Bertz CT molecular complexity index is 869. The van der Waals surface area contributed by atoms with Crippen molar-refractivity contribution in [3.05, 3.63) is 71.4 Å². The van der Waals surface area contributed by atoms with E-state index in [4.69, 9.17) is 4.74 Å². The first-order chi connectivity index (χ1) is 11.6. The van der Waals surface area contributed by atoms with Crippen LogP contribution in [0.1, 0.15) is 21.6 Å². The number of esters is 1. The van der Waals surface area contributed by atoms with Gasteiger partial charge in [-0.3, -0.25) is 9.59 Å². The molecular weight excluding hydrogens is 304 g/mol. The van der Waals surface area contributed by atoms with Gasteiger partial charge in [0.15, 0.2) is 0 Å². The average molecular weight is 322 g/mol. The number of aryl methyl sites for hydroxylation is 1. The molecule has 0 fully saturated rings. The van der Waals surface area contributed by atoms with Crippen LogP contribution >= 0.6 is 0 Å². The topological polar surface area (TPSA) is 71.2 Å². The Kier molecular flexibility index (Phi) is 4.61. The van der Waals surface area contributed by atoms with Gasteiger partial charge in [-0.1, -0.05) is 48.5 Å². The number of aromatic amines is 1. The first kappa shape index (κ1) is 15.8. The van der Waals surface area contributed by atoms with Crippen LogP contribution < -0.4 is 5.32 Å². The molecule has 3 aromatic rings. The van der Waals surface area contributed by atoms with E-state index in [1.165, 1.54) is 0 Å². The molecule has 3 rings (SSSR count). The molecule has 1 heterocycles. The maximum absolute atomic E-state index is 12.4. The maximum Gasteiger partial charge on any atom is 0.325 e. The van der Waals surface area contributed by atoms with Gasteiger partial charge in [-0.05, 0) is 18.6 Å². The van der Waals surface area contributed by atoms with E-state index >= 15 is 0 Å². The van der Waals surface area contributed by atoms with E-state index in [2.05, 4.69) is 10.3 Å². The third-order valence-corrected chi connectivity index (χ3v) is 3.76. The fraction of sp³-hybridized carbons (Fsp3) is 0.158. The third-order valence-electron chi connectivity index (χ3n) is 3.76. The molecule has 2 aromatic carbocycles. The molecule has 24 heavy (non-hydrogen) atoms. The van der Waals surface area contributed by atoms with Gasteiger partial charge < -0.3 is 15.0 Å². The average Bonchev–Trinajstić information content (AvgIpc) is 2.94. The molecule has 0 bridgehead atoms. The van der Waals surface area contributed by atoms with Crippen molar-refractivity contribution in [2.24, 2.45) is 0 Å². The monoisotopic (exact) mass is 322 g/mol. The number of carbonyl (C=O) groups is 2. The quantitative estimate of drug-likeness (QED) is 0.710. The van der Waals surface area contributed by atoms with E-state index < -0.39 is 5.97 Å². The van der Waals surface area contributed by atoms with Crippen molar-refractivity contribution in [1.29, 1.82) is 0 Å². The van der Waals surface area contributed by atoms with Crippen LogP contribution in [0.4, 0.5) is 0 Å². The highest BCUT2D eigenvalue weighted by Crippen LogP contribution is 2.21. The molecule has 0 radical (unpaired) electrons. The molecule has 5 heteroatoms. The number of hydrogen-bond acceptors (Lipinski definition) is 3. The number of aromatic nitrogens is 1. The SMILES string of the molecule is Cc1[nH]c2ccccc2c1C(=O)NCC(=O)OCc1ccccc1. The van der Waals surface area contributed by atoms with E-state index in [1.54, 1.807) is 0 Å². The Labute approximate surface area is 139 Å². The summed E-state index contributed by atoms with van der Waals surface area (Å²) in [6.45, 7) is 1.87. The molecule has 0 spiro atoms. The van der Waals surface area contributed by atoms with Crippen molar-refractivity contribution >= 4 is 22.8 Å². The largest absolute Gasteiger partial charge is 0.460 e. The van der Waals surface area contributed by atoms with Gasteiger partial charge in [-0.2, -0.15) is 0 Å².